The van der Waals surface area contributed by atoms with Crippen molar-refractivity contribution < 1.29 is 13.9 Å². The summed E-state index contributed by atoms with van der Waals surface area (Å²) in [6.07, 6.45) is 3.64. The average Bonchev–Trinajstić information content (AvgIpc) is 2.82. The Bertz CT molecular complexity index is 1200. The lowest BCUT2D eigenvalue weighted by molar-refractivity contribution is 0.100. The lowest BCUT2D eigenvalue weighted by Crippen LogP contribution is -2.43. The Kier molecular flexibility index (Phi) is 7.09. The Morgan fingerprint density at radius 3 is 2.71 bits per heavy atom. The zero-order valence-corrected chi connectivity index (χ0v) is 19.1. The van der Waals surface area contributed by atoms with Crippen molar-refractivity contribution in [1.82, 2.24) is 9.97 Å². The second-order valence-corrected chi connectivity index (χ2v) is 8.47. The van der Waals surface area contributed by atoms with Gasteiger partial charge in [-0.15, -0.1) is 0 Å². The number of para-hydroxylation sites is 1. The number of rotatable bonds is 8. The Morgan fingerprint density at radius 1 is 1.21 bits per heavy atom. The van der Waals surface area contributed by atoms with Crippen LogP contribution in [-0.2, 0) is 4.74 Å². The number of anilines is 3. The Labute approximate surface area is 197 Å². The molecule has 0 radical (unpaired) electrons. The van der Waals surface area contributed by atoms with Gasteiger partial charge in [-0.05, 0) is 25.0 Å². The van der Waals surface area contributed by atoms with Gasteiger partial charge in [0.15, 0.2) is 11.6 Å². The molecular formula is C24H30FN7O2. The molecule has 2 unspecified atom stereocenters. The number of nitrogens with one attached hydrogen (secondary N) is 2. The van der Waals surface area contributed by atoms with Gasteiger partial charge in [-0.3, -0.25) is 4.79 Å². The van der Waals surface area contributed by atoms with E-state index in [1.807, 2.05) is 30.3 Å². The van der Waals surface area contributed by atoms with Crippen molar-refractivity contribution in [3.05, 3.63) is 41.7 Å². The van der Waals surface area contributed by atoms with Crippen LogP contribution >= 0.6 is 0 Å². The molecule has 1 aliphatic rings. The SMILES string of the molecule is COCCNc1nc2ccccc2cc1-c1nc(NC2CCCCC2N)c(F)c(N)c1C(N)=O. The number of methoxy groups -OCH3 is 1. The maximum absolute atomic E-state index is 15.3. The highest BCUT2D eigenvalue weighted by Gasteiger charge is 2.28. The highest BCUT2D eigenvalue weighted by molar-refractivity contribution is 6.06. The molecule has 1 saturated carbocycles. The summed E-state index contributed by atoms with van der Waals surface area (Å²) < 4.78 is 20.4. The Morgan fingerprint density at radius 2 is 1.97 bits per heavy atom. The van der Waals surface area contributed by atoms with E-state index >= 15 is 4.39 Å². The maximum Gasteiger partial charge on any atom is 0.253 e. The molecule has 10 heteroatoms. The van der Waals surface area contributed by atoms with Gasteiger partial charge in [-0.25, -0.2) is 14.4 Å². The number of carbonyl (C=O) groups excluding carboxylic acids is 1. The number of aromatic nitrogens is 2. The van der Waals surface area contributed by atoms with Crippen LogP contribution in [0.1, 0.15) is 36.0 Å². The van der Waals surface area contributed by atoms with Crippen molar-refractivity contribution >= 4 is 34.1 Å². The van der Waals surface area contributed by atoms with Crippen molar-refractivity contribution in [3.63, 3.8) is 0 Å². The van der Waals surface area contributed by atoms with Crippen molar-refractivity contribution in [2.75, 3.05) is 36.6 Å². The molecule has 0 spiro atoms. The molecule has 1 aromatic carbocycles. The molecule has 1 fully saturated rings. The largest absolute Gasteiger partial charge is 0.396 e. The van der Waals surface area contributed by atoms with Gasteiger partial charge < -0.3 is 32.6 Å². The van der Waals surface area contributed by atoms with Gasteiger partial charge in [0.1, 0.15) is 5.82 Å². The van der Waals surface area contributed by atoms with Crippen LogP contribution in [0.4, 0.5) is 21.7 Å². The highest BCUT2D eigenvalue weighted by atomic mass is 19.1. The zero-order valence-electron chi connectivity index (χ0n) is 19.1. The van der Waals surface area contributed by atoms with Crippen molar-refractivity contribution in [2.24, 2.45) is 11.5 Å². The van der Waals surface area contributed by atoms with Crippen LogP contribution in [0.2, 0.25) is 0 Å². The predicted molar refractivity (Wildman–Crippen MR) is 132 cm³/mol. The van der Waals surface area contributed by atoms with Gasteiger partial charge >= 0.3 is 0 Å². The third-order valence-corrected chi connectivity index (χ3v) is 6.14. The van der Waals surface area contributed by atoms with Crippen molar-refractivity contribution in [3.8, 4) is 11.3 Å². The van der Waals surface area contributed by atoms with Crippen LogP contribution in [0.25, 0.3) is 22.2 Å². The number of benzene rings is 1. The Hall–Kier alpha value is -3.50. The van der Waals surface area contributed by atoms with Gasteiger partial charge in [-0.2, -0.15) is 0 Å². The quantitative estimate of drug-likeness (QED) is 0.317. The minimum atomic E-state index is -0.879. The maximum atomic E-state index is 15.3. The summed E-state index contributed by atoms with van der Waals surface area (Å²) in [4.78, 5) is 21.6. The molecule has 0 aliphatic heterocycles. The molecule has 2 aromatic heterocycles. The van der Waals surface area contributed by atoms with Crippen LogP contribution in [0, 0.1) is 5.82 Å². The van der Waals surface area contributed by atoms with E-state index in [-0.39, 0.29) is 34.8 Å². The minimum Gasteiger partial charge on any atom is -0.396 e. The second-order valence-electron chi connectivity index (χ2n) is 8.47. The molecule has 1 amide bonds. The number of amides is 1. The van der Waals surface area contributed by atoms with Gasteiger partial charge in [0.25, 0.3) is 5.91 Å². The number of fused-ring (bicyclic) bond motifs is 1. The lowest BCUT2D eigenvalue weighted by atomic mass is 9.91. The van der Waals surface area contributed by atoms with Gasteiger partial charge in [0.2, 0.25) is 0 Å². The fourth-order valence-corrected chi connectivity index (χ4v) is 4.34. The summed E-state index contributed by atoms with van der Waals surface area (Å²) in [6, 6.07) is 9.07. The molecule has 180 valence electrons. The number of ether oxygens (including phenoxy) is 1. The van der Waals surface area contributed by atoms with Gasteiger partial charge in [-0.1, -0.05) is 31.0 Å². The van der Waals surface area contributed by atoms with E-state index in [1.54, 1.807) is 7.11 Å². The minimum absolute atomic E-state index is 0.0594. The summed E-state index contributed by atoms with van der Waals surface area (Å²) in [5.74, 6) is -1.30. The molecule has 4 rings (SSSR count). The number of hydrogen-bond donors (Lipinski definition) is 5. The average molecular weight is 468 g/mol. The summed E-state index contributed by atoms with van der Waals surface area (Å²) in [5.41, 5.74) is 18.8. The van der Waals surface area contributed by atoms with Crippen molar-refractivity contribution in [2.45, 2.75) is 37.8 Å². The Balaban J connectivity index is 1.88. The molecule has 0 saturated heterocycles. The first kappa shape index (κ1) is 23.7. The van der Waals surface area contributed by atoms with Crippen LogP contribution in [0.3, 0.4) is 0 Å². The number of nitrogens with two attached hydrogens (primary N) is 3. The van der Waals surface area contributed by atoms with Crippen LogP contribution in [0.15, 0.2) is 30.3 Å². The van der Waals surface area contributed by atoms with Crippen LogP contribution in [0.5, 0.6) is 0 Å². The van der Waals surface area contributed by atoms with E-state index in [9.17, 15) is 4.79 Å². The topological polar surface area (TPSA) is 154 Å². The second kappa shape index (κ2) is 10.2. The van der Waals surface area contributed by atoms with Crippen LogP contribution < -0.4 is 27.8 Å². The fraction of sp³-hybridized carbons (Fsp3) is 0.375. The summed E-state index contributed by atoms with van der Waals surface area (Å²) >= 11 is 0. The van der Waals surface area contributed by atoms with Gasteiger partial charge in [0.05, 0.1) is 29.1 Å². The van der Waals surface area contributed by atoms with E-state index in [1.165, 1.54) is 0 Å². The van der Waals surface area contributed by atoms with E-state index in [2.05, 4.69) is 15.6 Å². The first-order chi connectivity index (χ1) is 16.4. The molecule has 1 aliphatic carbocycles. The lowest BCUT2D eigenvalue weighted by Gasteiger charge is -2.30. The van der Waals surface area contributed by atoms with E-state index in [4.69, 9.17) is 26.9 Å². The highest BCUT2D eigenvalue weighted by Crippen LogP contribution is 2.37. The molecule has 2 atom stereocenters. The number of nitrogen functional groups attached to an aromatic ring is 1. The molecule has 8 N–H and O–H groups in total. The number of pyridine rings is 2. The molecule has 2 heterocycles. The summed E-state index contributed by atoms with van der Waals surface area (Å²) in [6.45, 7) is 0.890. The summed E-state index contributed by atoms with van der Waals surface area (Å²) in [7, 11) is 1.59. The summed E-state index contributed by atoms with van der Waals surface area (Å²) in [5, 5.41) is 7.15. The molecular weight excluding hydrogens is 437 g/mol. The molecule has 9 nitrogen and oxygen atoms in total. The van der Waals surface area contributed by atoms with Gasteiger partial charge in [0, 0.05) is 36.7 Å². The predicted octanol–water partition coefficient (Wildman–Crippen LogP) is 2.86. The van der Waals surface area contributed by atoms with Crippen molar-refractivity contribution in [1.29, 1.82) is 0 Å². The van der Waals surface area contributed by atoms with Crippen LogP contribution in [-0.4, -0.2) is 48.2 Å². The number of halogens is 1. The molecule has 3 aromatic rings. The van der Waals surface area contributed by atoms with E-state index in [0.29, 0.717) is 24.5 Å². The first-order valence-corrected chi connectivity index (χ1v) is 11.3. The number of nitrogens with zero attached hydrogens (tertiary/aromatic N) is 2. The molecule has 34 heavy (non-hydrogen) atoms. The smallest absolute Gasteiger partial charge is 0.253 e. The molecule has 0 bridgehead atoms. The number of hydrogen-bond acceptors (Lipinski definition) is 8. The monoisotopic (exact) mass is 467 g/mol. The third kappa shape index (κ3) is 4.73. The normalized spacial score (nSPS) is 18.1. The fourth-order valence-electron chi connectivity index (χ4n) is 4.34. The first-order valence-electron chi connectivity index (χ1n) is 11.3. The van der Waals surface area contributed by atoms with E-state index < -0.39 is 11.7 Å². The standard InChI is InChI=1S/C24H30FN7O2/c1-34-11-10-29-23-14(12-13-6-2-4-8-16(13)30-23)21-18(22(28)33)20(27)19(25)24(32-21)31-17-9-5-3-7-15(17)26/h2,4,6,8,12,15,17H,3,5,7,9-11,26H2,1H3,(H2,28,33)(H,29,30)(H3,27,31,32). The zero-order chi connectivity index (χ0) is 24.2. The third-order valence-electron chi connectivity index (χ3n) is 6.14. The van der Waals surface area contributed by atoms with E-state index in [0.717, 1.165) is 36.6 Å². The number of carbonyl (C=O) groups is 1. The number of primary amides is 1.